The minimum Gasteiger partial charge on any atom is -0.398 e. The summed E-state index contributed by atoms with van der Waals surface area (Å²) in [4.78, 5) is 2.33. The van der Waals surface area contributed by atoms with E-state index in [1.165, 1.54) is 4.31 Å². The molecule has 106 valence electrons. The fourth-order valence-corrected chi connectivity index (χ4v) is 4.10. The molecule has 0 spiro atoms. The molecule has 2 rings (SSSR count). The summed E-state index contributed by atoms with van der Waals surface area (Å²) in [5.41, 5.74) is 6.12. The third kappa shape index (κ3) is 3.28. The van der Waals surface area contributed by atoms with Crippen molar-refractivity contribution in [1.29, 1.82) is 0 Å². The van der Waals surface area contributed by atoms with Crippen LogP contribution in [0.5, 0.6) is 0 Å². The van der Waals surface area contributed by atoms with Gasteiger partial charge in [-0.15, -0.1) is 0 Å². The number of likely N-dealkylation sites (N-methyl/N-ethyl adjacent to an activating group) is 1. The van der Waals surface area contributed by atoms with Crippen LogP contribution in [0, 0.1) is 0 Å². The van der Waals surface area contributed by atoms with Crippen LogP contribution in [0.15, 0.2) is 27.6 Å². The lowest BCUT2D eigenvalue weighted by atomic mass is 10.3. The van der Waals surface area contributed by atoms with E-state index in [1.807, 2.05) is 7.05 Å². The molecule has 0 amide bonds. The largest absolute Gasteiger partial charge is 0.398 e. The Labute approximate surface area is 122 Å². The van der Waals surface area contributed by atoms with Crippen molar-refractivity contribution in [2.45, 2.75) is 11.3 Å². The standard InChI is InChI=1S/C12H18BrN3O2S/c1-15-5-2-6-16(8-7-15)19(17,18)12-4-3-10(13)9-11(12)14/h3-4,9H,2,5-8,14H2,1H3. The molecule has 1 aromatic rings. The molecule has 1 heterocycles. The Balaban J connectivity index is 2.31. The lowest BCUT2D eigenvalue weighted by Gasteiger charge is -2.21. The van der Waals surface area contributed by atoms with Crippen LogP contribution in [-0.4, -0.2) is 50.8 Å². The first-order chi connectivity index (χ1) is 8.91. The number of anilines is 1. The predicted molar refractivity (Wildman–Crippen MR) is 79.4 cm³/mol. The van der Waals surface area contributed by atoms with Gasteiger partial charge in [0.15, 0.2) is 0 Å². The van der Waals surface area contributed by atoms with Gasteiger partial charge in [0.25, 0.3) is 0 Å². The molecular weight excluding hydrogens is 330 g/mol. The molecule has 7 heteroatoms. The van der Waals surface area contributed by atoms with Crippen LogP contribution < -0.4 is 5.73 Å². The highest BCUT2D eigenvalue weighted by atomic mass is 79.9. The molecule has 0 aliphatic carbocycles. The number of benzene rings is 1. The highest BCUT2D eigenvalue weighted by molar-refractivity contribution is 9.10. The maximum absolute atomic E-state index is 12.6. The summed E-state index contributed by atoms with van der Waals surface area (Å²) < 4.78 is 27.5. The lowest BCUT2D eigenvalue weighted by Crippen LogP contribution is -2.34. The molecule has 0 radical (unpaired) electrons. The van der Waals surface area contributed by atoms with E-state index < -0.39 is 10.0 Å². The average molecular weight is 348 g/mol. The molecule has 0 unspecified atom stereocenters. The van der Waals surface area contributed by atoms with Crippen molar-refractivity contribution in [1.82, 2.24) is 9.21 Å². The van der Waals surface area contributed by atoms with Crippen LogP contribution in [-0.2, 0) is 10.0 Å². The van der Waals surface area contributed by atoms with Crippen LogP contribution in [0.4, 0.5) is 5.69 Å². The van der Waals surface area contributed by atoms with E-state index in [0.717, 1.165) is 24.0 Å². The van der Waals surface area contributed by atoms with Gasteiger partial charge in [0.2, 0.25) is 10.0 Å². The van der Waals surface area contributed by atoms with Gasteiger partial charge in [0, 0.05) is 24.1 Å². The Morgan fingerprint density at radius 1 is 1.21 bits per heavy atom. The van der Waals surface area contributed by atoms with E-state index in [0.29, 0.717) is 13.1 Å². The zero-order chi connectivity index (χ0) is 14.0. The van der Waals surface area contributed by atoms with E-state index in [2.05, 4.69) is 20.8 Å². The molecule has 19 heavy (non-hydrogen) atoms. The molecular formula is C12H18BrN3O2S. The van der Waals surface area contributed by atoms with Crippen molar-refractivity contribution < 1.29 is 8.42 Å². The SMILES string of the molecule is CN1CCCN(S(=O)(=O)c2ccc(Br)cc2N)CC1. The zero-order valence-electron chi connectivity index (χ0n) is 10.8. The number of hydrogen-bond donors (Lipinski definition) is 1. The highest BCUT2D eigenvalue weighted by Gasteiger charge is 2.27. The average Bonchev–Trinajstić information content (AvgIpc) is 2.53. The van der Waals surface area contributed by atoms with Gasteiger partial charge in [-0.3, -0.25) is 0 Å². The summed E-state index contributed by atoms with van der Waals surface area (Å²) in [6, 6.07) is 4.88. The van der Waals surface area contributed by atoms with Crippen molar-refractivity contribution in [2.24, 2.45) is 0 Å². The van der Waals surface area contributed by atoms with Crippen LogP contribution in [0.1, 0.15) is 6.42 Å². The summed E-state index contributed by atoms with van der Waals surface area (Å²) in [6.45, 7) is 2.72. The lowest BCUT2D eigenvalue weighted by molar-refractivity contribution is 0.347. The van der Waals surface area contributed by atoms with Gasteiger partial charge in [-0.2, -0.15) is 4.31 Å². The minimum atomic E-state index is -3.50. The van der Waals surface area contributed by atoms with Crippen molar-refractivity contribution in [3.63, 3.8) is 0 Å². The number of nitrogens with zero attached hydrogens (tertiary/aromatic N) is 2. The number of rotatable bonds is 2. The Hall–Kier alpha value is -0.630. The molecule has 0 bridgehead atoms. The van der Waals surface area contributed by atoms with Crippen LogP contribution in [0.25, 0.3) is 0 Å². The Morgan fingerprint density at radius 3 is 2.63 bits per heavy atom. The van der Waals surface area contributed by atoms with Gasteiger partial charge in [-0.25, -0.2) is 8.42 Å². The Kier molecular flexibility index (Phi) is 4.50. The number of sulfonamides is 1. The summed E-state index contributed by atoms with van der Waals surface area (Å²) in [5.74, 6) is 0. The summed E-state index contributed by atoms with van der Waals surface area (Å²) >= 11 is 3.28. The van der Waals surface area contributed by atoms with Crippen LogP contribution >= 0.6 is 15.9 Å². The molecule has 0 saturated carbocycles. The third-order valence-corrected chi connectivity index (χ3v) is 5.73. The van der Waals surface area contributed by atoms with Crippen molar-refractivity contribution in [3.05, 3.63) is 22.7 Å². The number of nitrogen functional groups attached to an aromatic ring is 1. The first kappa shape index (κ1) is 14.8. The molecule has 2 N–H and O–H groups in total. The fourth-order valence-electron chi connectivity index (χ4n) is 2.16. The van der Waals surface area contributed by atoms with Gasteiger partial charge in [-0.05, 0) is 38.2 Å². The van der Waals surface area contributed by atoms with Crippen molar-refractivity contribution in [3.8, 4) is 0 Å². The second-order valence-corrected chi connectivity index (χ2v) is 7.57. The first-order valence-corrected chi connectivity index (χ1v) is 8.38. The minimum absolute atomic E-state index is 0.195. The normalized spacial score (nSPS) is 19.3. The first-order valence-electron chi connectivity index (χ1n) is 6.15. The predicted octanol–water partition coefficient (Wildman–Crippen LogP) is 1.36. The number of halogens is 1. The topological polar surface area (TPSA) is 66.6 Å². The van der Waals surface area contributed by atoms with Crippen LogP contribution in [0.3, 0.4) is 0 Å². The van der Waals surface area contributed by atoms with Gasteiger partial charge >= 0.3 is 0 Å². The number of hydrogen-bond acceptors (Lipinski definition) is 4. The molecule has 1 fully saturated rings. The molecule has 5 nitrogen and oxygen atoms in total. The molecule has 1 saturated heterocycles. The molecule has 1 aliphatic rings. The van der Waals surface area contributed by atoms with Gasteiger partial charge < -0.3 is 10.6 Å². The summed E-state index contributed by atoms with van der Waals surface area (Å²) in [6.07, 6.45) is 0.839. The van der Waals surface area contributed by atoms with E-state index in [9.17, 15) is 8.42 Å². The molecule has 0 atom stereocenters. The Morgan fingerprint density at radius 2 is 1.95 bits per heavy atom. The third-order valence-electron chi connectivity index (χ3n) is 3.27. The van der Waals surface area contributed by atoms with E-state index in [-0.39, 0.29) is 10.6 Å². The van der Waals surface area contributed by atoms with E-state index >= 15 is 0 Å². The second kappa shape index (κ2) is 5.78. The smallest absolute Gasteiger partial charge is 0.245 e. The van der Waals surface area contributed by atoms with Gasteiger partial charge in [-0.1, -0.05) is 15.9 Å². The highest BCUT2D eigenvalue weighted by Crippen LogP contribution is 2.26. The summed E-state index contributed by atoms with van der Waals surface area (Å²) in [5, 5.41) is 0. The molecule has 1 aromatic carbocycles. The molecule has 0 aromatic heterocycles. The maximum atomic E-state index is 12.6. The van der Waals surface area contributed by atoms with Gasteiger partial charge in [0.05, 0.1) is 5.69 Å². The van der Waals surface area contributed by atoms with Gasteiger partial charge in [0.1, 0.15) is 4.90 Å². The quantitative estimate of drug-likeness (QED) is 0.820. The fraction of sp³-hybridized carbons (Fsp3) is 0.500. The van der Waals surface area contributed by atoms with Crippen molar-refractivity contribution in [2.75, 3.05) is 39.0 Å². The Bertz CT molecular complexity index is 562. The van der Waals surface area contributed by atoms with E-state index in [4.69, 9.17) is 5.73 Å². The molecule has 1 aliphatic heterocycles. The second-order valence-electron chi connectivity index (χ2n) is 4.74. The summed E-state index contributed by atoms with van der Waals surface area (Å²) in [7, 11) is -1.49. The maximum Gasteiger partial charge on any atom is 0.245 e. The van der Waals surface area contributed by atoms with Crippen molar-refractivity contribution >= 4 is 31.6 Å². The van der Waals surface area contributed by atoms with E-state index in [1.54, 1.807) is 18.2 Å². The number of nitrogens with two attached hydrogens (primary N) is 1. The monoisotopic (exact) mass is 347 g/mol. The van der Waals surface area contributed by atoms with Crippen LogP contribution in [0.2, 0.25) is 0 Å². The zero-order valence-corrected chi connectivity index (χ0v) is 13.2.